The second kappa shape index (κ2) is 5.40. The molecule has 1 heterocycles. The van der Waals surface area contributed by atoms with Crippen molar-refractivity contribution in [3.8, 4) is 11.4 Å². The Labute approximate surface area is 131 Å². The Morgan fingerprint density at radius 3 is 2.87 bits per heavy atom. The highest BCUT2D eigenvalue weighted by Crippen LogP contribution is 2.40. The minimum absolute atomic E-state index is 0.354. The smallest absolute Gasteiger partial charge is 0.315 e. The van der Waals surface area contributed by atoms with Crippen LogP contribution in [0.3, 0.4) is 0 Å². The monoisotopic (exact) mass is 319 g/mol. The van der Waals surface area contributed by atoms with Crippen LogP contribution < -0.4 is 5.32 Å². The predicted molar refractivity (Wildman–Crippen MR) is 76.9 cm³/mol. The van der Waals surface area contributed by atoms with Gasteiger partial charge in [-0.25, -0.2) is 0 Å². The first-order chi connectivity index (χ1) is 11.1. The molecule has 1 atom stereocenters. The average Bonchev–Trinajstić information content (AvgIpc) is 3.14. The van der Waals surface area contributed by atoms with Gasteiger partial charge in [0.25, 0.3) is 5.91 Å². The Hall–Kier alpha value is -2.31. The zero-order valence-electron chi connectivity index (χ0n) is 12.3. The van der Waals surface area contributed by atoms with E-state index >= 15 is 0 Å². The molecule has 2 aliphatic carbocycles. The largest absolute Gasteiger partial charge is 0.344 e. The molecule has 4 rings (SSSR count). The number of aromatic nitrogens is 2. The van der Waals surface area contributed by atoms with E-state index in [9.17, 15) is 13.6 Å². The number of carbonyl (C=O) groups is 1. The molecule has 0 radical (unpaired) electrons. The Morgan fingerprint density at radius 1 is 1.30 bits per heavy atom. The Kier molecular flexibility index (Phi) is 3.36. The van der Waals surface area contributed by atoms with Crippen molar-refractivity contribution in [3.05, 3.63) is 35.2 Å². The second-order valence-electron chi connectivity index (χ2n) is 6.04. The van der Waals surface area contributed by atoms with Crippen LogP contribution in [0.15, 0.2) is 22.7 Å². The predicted octanol–water partition coefficient (Wildman–Crippen LogP) is 2.98. The molecular formula is C16H15F2N3O2. The molecule has 23 heavy (non-hydrogen) atoms. The van der Waals surface area contributed by atoms with Crippen LogP contribution in [-0.2, 0) is 11.2 Å². The van der Waals surface area contributed by atoms with Gasteiger partial charge >= 0.3 is 6.43 Å². The maximum absolute atomic E-state index is 12.4. The standard InChI is InChI=1S/C16H15F2N3O2/c17-13(18)15(22)19-12-6-4-9-7-10(3-5-11(9)12)14-20-16(23-21-14)8-1-2-8/h3,5,7-8,12-13H,1-2,4,6H2,(H,19,22)/t12-/m1/s1. The number of rotatable bonds is 4. The molecule has 5 nitrogen and oxygen atoms in total. The molecule has 0 spiro atoms. The zero-order chi connectivity index (χ0) is 16.0. The topological polar surface area (TPSA) is 68.0 Å². The van der Waals surface area contributed by atoms with Crippen molar-refractivity contribution in [3.63, 3.8) is 0 Å². The van der Waals surface area contributed by atoms with Crippen molar-refractivity contribution < 1.29 is 18.1 Å². The lowest BCUT2D eigenvalue weighted by molar-refractivity contribution is -0.132. The van der Waals surface area contributed by atoms with Gasteiger partial charge in [0.05, 0.1) is 6.04 Å². The molecule has 0 aliphatic heterocycles. The number of fused-ring (bicyclic) bond motifs is 1. The number of hydrogen-bond acceptors (Lipinski definition) is 4. The van der Waals surface area contributed by atoms with Crippen LogP contribution in [-0.4, -0.2) is 22.5 Å². The summed E-state index contributed by atoms with van der Waals surface area (Å²) >= 11 is 0. The van der Waals surface area contributed by atoms with Gasteiger partial charge in [0.2, 0.25) is 11.7 Å². The number of alkyl halides is 2. The number of aryl methyl sites for hydroxylation is 1. The summed E-state index contributed by atoms with van der Waals surface area (Å²) < 4.78 is 30.0. The summed E-state index contributed by atoms with van der Waals surface area (Å²) in [4.78, 5) is 15.6. The van der Waals surface area contributed by atoms with E-state index in [4.69, 9.17) is 4.52 Å². The molecule has 1 saturated carbocycles. The highest BCUT2D eigenvalue weighted by Gasteiger charge is 2.30. The van der Waals surface area contributed by atoms with Crippen LogP contribution in [0.1, 0.15) is 48.2 Å². The van der Waals surface area contributed by atoms with Crippen LogP contribution in [0.4, 0.5) is 8.78 Å². The van der Waals surface area contributed by atoms with E-state index in [1.54, 1.807) is 0 Å². The summed E-state index contributed by atoms with van der Waals surface area (Å²) in [5.41, 5.74) is 2.76. The van der Waals surface area contributed by atoms with Crippen LogP contribution in [0, 0.1) is 0 Å². The van der Waals surface area contributed by atoms with Gasteiger partial charge < -0.3 is 9.84 Å². The lowest BCUT2D eigenvalue weighted by Gasteiger charge is -2.13. The summed E-state index contributed by atoms with van der Waals surface area (Å²) in [5, 5.41) is 6.39. The fourth-order valence-electron chi connectivity index (χ4n) is 2.99. The van der Waals surface area contributed by atoms with Crippen LogP contribution in [0.2, 0.25) is 0 Å². The van der Waals surface area contributed by atoms with Gasteiger partial charge in [0.15, 0.2) is 0 Å². The van der Waals surface area contributed by atoms with Crippen molar-refractivity contribution in [2.24, 2.45) is 0 Å². The molecule has 0 bridgehead atoms. The number of benzene rings is 1. The van der Waals surface area contributed by atoms with E-state index in [0.29, 0.717) is 24.1 Å². The number of nitrogens with one attached hydrogen (secondary N) is 1. The number of carbonyl (C=O) groups excluding carboxylic acids is 1. The third-order valence-electron chi connectivity index (χ3n) is 4.36. The van der Waals surface area contributed by atoms with Gasteiger partial charge in [-0.15, -0.1) is 0 Å². The van der Waals surface area contributed by atoms with Crippen LogP contribution >= 0.6 is 0 Å². The van der Waals surface area contributed by atoms with Crippen LogP contribution in [0.25, 0.3) is 11.4 Å². The van der Waals surface area contributed by atoms with Crippen molar-refractivity contribution >= 4 is 5.91 Å². The summed E-state index contributed by atoms with van der Waals surface area (Å²) in [6.45, 7) is 0. The molecule has 1 aromatic carbocycles. The third kappa shape index (κ3) is 2.71. The summed E-state index contributed by atoms with van der Waals surface area (Å²) in [7, 11) is 0. The molecule has 2 aromatic rings. The van der Waals surface area contributed by atoms with Gasteiger partial charge in [-0.05, 0) is 42.9 Å². The van der Waals surface area contributed by atoms with Gasteiger partial charge in [-0.3, -0.25) is 4.79 Å². The Morgan fingerprint density at radius 2 is 2.13 bits per heavy atom. The second-order valence-corrected chi connectivity index (χ2v) is 6.04. The minimum Gasteiger partial charge on any atom is -0.344 e. The van der Waals surface area contributed by atoms with E-state index in [2.05, 4.69) is 15.5 Å². The van der Waals surface area contributed by atoms with E-state index in [-0.39, 0.29) is 6.04 Å². The SMILES string of the molecule is O=C(N[C@@H]1CCc2cc(-c3noc(C4CC4)n3)ccc21)C(F)F. The summed E-state index contributed by atoms with van der Waals surface area (Å²) in [6, 6.07) is 5.28. The lowest BCUT2D eigenvalue weighted by Crippen LogP contribution is -2.32. The lowest BCUT2D eigenvalue weighted by atomic mass is 10.0. The third-order valence-corrected chi connectivity index (χ3v) is 4.36. The normalized spacial score (nSPS) is 19.9. The summed E-state index contributed by atoms with van der Waals surface area (Å²) in [5.74, 6) is 0.413. The maximum Gasteiger partial charge on any atom is 0.315 e. The highest BCUT2D eigenvalue weighted by atomic mass is 19.3. The fraction of sp³-hybridized carbons (Fsp3) is 0.438. The zero-order valence-corrected chi connectivity index (χ0v) is 12.3. The highest BCUT2D eigenvalue weighted by molar-refractivity contribution is 5.79. The first kappa shape index (κ1) is 14.3. The van der Waals surface area contributed by atoms with E-state index < -0.39 is 12.3 Å². The van der Waals surface area contributed by atoms with Gasteiger partial charge in [0.1, 0.15) is 0 Å². The average molecular weight is 319 g/mol. The molecule has 1 amide bonds. The number of amides is 1. The van der Waals surface area contributed by atoms with Crippen molar-refractivity contribution in [1.29, 1.82) is 0 Å². The first-order valence-corrected chi connectivity index (χ1v) is 7.67. The molecule has 0 saturated heterocycles. The summed E-state index contributed by atoms with van der Waals surface area (Å²) in [6.07, 6.45) is 0.550. The molecule has 0 unspecified atom stereocenters. The van der Waals surface area contributed by atoms with Crippen molar-refractivity contribution in [1.82, 2.24) is 15.5 Å². The van der Waals surface area contributed by atoms with E-state index in [1.807, 2.05) is 18.2 Å². The van der Waals surface area contributed by atoms with Gasteiger partial charge in [0, 0.05) is 11.5 Å². The number of hydrogen-bond donors (Lipinski definition) is 1. The number of nitrogens with zero attached hydrogens (tertiary/aromatic N) is 2. The minimum atomic E-state index is -2.99. The maximum atomic E-state index is 12.4. The van der Waals surface area contributed by atoms with Gasteiger partial charge in [-0.1, -0.05) is 17.3 Å². The van der Waals surface area contributed by atoms with Crippen LogP contribution in [0.5, 0.6) is 0 Å². The molecule has 2 aliphatic rings. The van der Waals surface area contributed by atoms with Crippen molar-refractivity contribution in [2.75, 3.05) is 0 Å². The molecule has 1 N–H and O–H groups in total. The molecule has 1 fully saturated rings. The molecule has 120 valence electrons. The fourth-order valence-corrected chi connectivity index (χ4v) is 2.99. The quantitative estimate of drug-likeness (QED) is 0.940. The molecular weight excluding hydrogens is 304 g/mol. The van der Waals surface area contributed by atoms with E-state index in [1.165, 1.54) is 0 Å². The Balaban J connectivity index is 1.55. The number of halogens is 2. The van der Waals surface area contributed by atoms with Gasteiger partial charge in [-0.2, -0.15) is 13.8 Å². The van der Waals surface area contributed by atoms with E-state index in [0.717, 1.165) is 36.0 Å². The van der Waals surface area contributed by atoms with Crippen molar-refractivity contribution in [2.45, 2.75) is 44.1 Å². The molecule has 1 aromatic heterocycles. The Bertz CT molecular complexity index is 756. The first-order valence-electron chi connectivity index (χ1n) is 7.67. The molecule has 7 heteroatoms.